The molecule has 6 heteroatoms. The number of anilines is 1. The highest BCUT2D eigenvalue weighted by molar-refractivity contribution is 9.10. The minimum atomic E-state index is -0.188. The summed E-state index contributed by atoms with van der Waals surface area (Å²) in [6.45, 7) is 6.15. The first kappa shape index (κ1) is 20.7. The Balaban J connectivity index is 1.59. The lowest BCUT2D eigenvalue weighted by Gasteiger charge is -2.14. The average Bonchev–Trinajstić information content (AvgIpc) is 3.19. The first-order valence-corrected chi connectivity index (χ1v) is 10.4. The number of ether oxygens (including phenoxy) is 3. The number of hydrogen-bond acceptors (Lipinski definition) is 4. The fraction of sp³-hybridized carbons (Fsp3) is 0.409. The van der Waals surface area contributed by atoms with Crippen LogP contribution in [0.25, 0.3) is 0 Å². The van der Waals surface area contributed by atoms with Gasteiger partial charge in [-0.3, -0.25) is 4.79 Å². The second-order valence-electron chi connectivity index (χ2n) is 7.28. The maximum Gasteiger partial charge on any atom is 0.255 e. The van der Waals surface area contributed by atoms with Crippen molar-refractivity contribution >= 4 is 27.5 Å². The van der Waals surface area contributed by atoms with Crippen LogP contribution < -0.4 is 14.8 Å². The zero-order valence-electron chi connectivity index (χ0n) is 16.2. The molecular weight excluding hydrogens is 422 g/mol. The third-order valence-electron chi connectivity index (χ3n) is 4.32. The highest BCUT2D eigenvalue weighted by atomic mass is 79.9. The summed E-state index contributed by atoms with van der Waals surface area (Å²) in [4.78, 5) is 12.6. The van der Waals surface area contributed by atoms with Crippen LogP contribution in [0.2, 0.25) is 0 Å². The van der Waals surface area contributed by atoms with Crippen molar-refractivity contribution in [2.24, 2.45) is 5.92 Å². The Bertz CT molecular complexity index is 803. The Morgan fingerprint density at radius 2 is 2.11 bits per heavy atom. The normalized spacial score (nSPS) is 16.2. The van der Waals surface area contributed by atoms with E-state index in [4.69, 9.17) is 14.2 Å². The molecule has 1 unspecified atom stereocenters. The Hall–Kier alpha value is -2.05. The zero-order chi connectivity index (χ0) is 19.9. The van der Waals surface area contributed by atoms with E-state index in [1.54, 1.807) is 18.2 Å². The predicted molar refractivity (Wildman–Crippen MR) is 113 cm³/mol. The first-order chi connectivity index (χ1) is 13.5. The maximum absolute atomic E-state index is 12.6. The van der Waals surface area contributed by atoms with E-state index < -0.39 is 0 Å². The summed E-state index contributed by atoms with van der Waals surface area (Å²) in [6, 6.07) is 12.7. The molecule has 0 saturated carbocycles. The second-order valence-corrected chi connectivity index (χ2v) is 8.13. The summed E-state index contributed by atoms with van der Waals surface area (Å²) in [6.07, 6.45) is 2.26. The highest BCUT2D eigenvalue weighted by Crippen LogP contribution is 2.28. The standard InChI is InChI=1S/C22H26BrNO4/c1-15(2)13-27-18-6-3-5-17(12-18)24-22(25)16-8-9-21(20(23)11-16)28-14-19-7-4-10-26-19/h3,5-6,8-9,11-12,15,19H,4,7,10,13-14H2,1-2H3,(H,24,25). The lowest BCUT2D eigenvalue weighted by molar-refractivity contribution is 0.0677. The number of hydrogen-bond donors (Lipinski definition) is 1. The van der Waals surface area contributed by atoms with Crippen molar-refractivity contribution < 1.29 is 19.0 Å². The average molecular weight is 448 g/mol. The van der Waals surface area contributed by atoms with Crippen molar-refractivity contribution in [1.29, 1.82) is 0 Å². The van der Waals surface area contributed by atoms with Gasteiger partial charge in [-0.2, -0.15) is 0 Å². The summed E-state index contributed by atoms with van der Waals surface area (Å²) in [5, 5.41) is 2.91. The van der Waals surface area contributed by atoms with E-state index in [1.807, 2.05) is 24.3 Å². The van der Waals surface area contributed by atoms with Crippen LogP contribution in [0.3, 0.4) is 0 Å². The van der Waals surface area contributed by atoms with E-state index in [0.29, 0.717) is 36.1 Å². The molecule has 1 aliphatic rings. The van der Waals surface area contributed by atoms with Crippen molar-refractivity contribution in [2.75, 3.05) is 25.1 Å². The lowest BCUT2D eigenvalue weighted by atomic mass is 10.2. The van der Waals surface area contributed by atoms with Gasteiger partial charge in [0, 0.05) is 23.9 Å². The molecule has 150 valence electrons. The number of amides is 1. The minimum absolute atomic E-state index is 0.153. The van der Waals surface area contributed by atoms with Gasteiger partial charge in [0.2, 0.25) is 0 Å². The van der Waals surface area contributed by atoms with Crippen LogP contribution in [-0.2, 0) is 4.74 Å². The number of benzene rings is 2. The van der Waals surface area contributed by atoms with Crippen LogP contribution in [0.15, 0.2) is 46.9 Å². The number of carbonyl (C=O) groups excluding carboxylic acids is 1. The van der Waals surface area contributed by atoms with Gasteiger partial charge in [-0.15, -0.1) is 0 Å². The molecular formula is C22H26BrNO4. The zero-order valence-corrected chi connectivity index (χ0v) is 17.8. The molecule has 1 saturated heterocycles. The van der Waals surface area contributed by atoms with Crippen LogP contribution >= 0.6 is 15.9 Å². The molecule has 2 aromatic carbocycles. The molecule has 3 rings (SSSR count). The number of nitrogens with one attached hydrogen (secondary N) is 1. The molecule has 28 heavy (non-hydrogen) atoms. The fourth-order valence-corrected chi connectivity index (χ4v) is 3.34. The summed E-state index contributed by atoms with van der Waals surface area (Å²) in [7, 11) is 0. The van der Waals surface area contributed by atoms with Crippen molar-refractivity contribution in [1.82, 2.24) is 0 Å². The van der Waals surface area contributed by atoms with Gasteiger partial charge in [-0.05, 0) is 65.0 Å². The quantitative estimate of drug-likeness (QED) is 0.596. The third-order valence-corrected chi connectivity index (χ3v) is 4.94. The van der Waals surface area contributed by atoms with Crippen LogP contribution in [0.5, 0.6) is 11.5 Å². The van der Waals surface area contributed by atoms with Gasteiger partial charge in [0.05, 0.1) is 17.2 Å². The second kappa shape index (κ2) is 9.94. The largest absolute Gasteiger partial charge is 0.493 e. The van der Waals surface area contributed by atoms with E-state index in [9.17, 15) is 4.79 Å². The van der Waals surface area contributed by atoms with Crippen molar-refractivity contribution in [3.05, 3.63) is 52.5 Å². The molecule has 0 radical (unpaired) electrons. The van der Waals surface area contributed by atoms with E-state index in [0.717, 1.165) is 29.7 Å². The van der Waals surface area contributed by atoms with Crippen molar-refractivity contribution in [3.8, 4) is 11.5 Å². The maximum atomic E-state index is 12.6. The molecule has 1 amide bonds. The summed E-state index contributed by atoms with van der Waals surface area (Å²) in [5.74, 6) is 1.70. The smallest absolute Gasteiger partial charge is 0.255 e. The van der Waals surface area contributed by atoms with Gasteiger partial charge in [-0.25, -0.2) is 0 Å². The van der Waals surface area contributed by atoms with Crippen LogP contribution in [0, 0.1) is 5.92 Å². The topological polar surface area (TPSA) is 56.8 Å². The first-order valence-electron chi connectivity index (χ1n) is 9.59. The van der Waals surface area contributed by atoms with Crippen LogP contribution in [0.1, 0.15) is 37.0 Å². The van der Waals surface area contributed by atoms with Gasteiger partial charge in [0.1, 0.15) is 18.1 Å². The summed E-state index contributed by atoms with van der Waals surface area (Å²) in [5.41, 5.74) is 1.24. The fourth-order valence-electron chi connectivity index (χ4n) is 2.85. The van der Waals surface area contributed by atoms with Gasteiger partial charge < -0.3 is 19.5 Å². The Kier molecular flexibility index (Phi) is 7.34. The Labute approximate surface area is 174 Å². The molecule has 1 N–H and O–H groups in total. The summed E-state index contributed by atoms with van der Waals surface area (Å²) >= 11 is 3.49. The number of rotatable bonds is 8. The molecule has 5 nitrogen and oxygen atoms in total. The SMILES string of the molecule is CC(C)COc1cccc(NC(=O)c2ccc(OCC3CCCO3)c(Br)c2)c1. The van der Waals surface area contributed by atoms with Crippen molar-refractivity contribution in [3.63, 3.8) is 0 Å². The summed E-state index contributed by atoms with van der Waals surface area (Å²) < 4.78 is 17.8. The molecule has 0 spiro atoms. The molecule has 1 fully saturated rings. The molecule has 1 heterocycles. The van der Waals surface area contributed by atoms with Crippen LogP contribution in [-0.4, -0.2) is 31.8 Å². The molecule has 2 aromatic rings. The minimum Gasteiger partial charge on any atom is -0.493 e. The molecule has 0 bridgehead atoms. The molecule has 1 atom stereocenters. The molecule has 1 aliphatic heterocycles. The van der Waals surface area contributed by atoms with E-state index in [-0.39, 0.29) is 12.0 Å². The van der Waals surface area contributed by atoms with E-state index >= 15 is 0 Å². The third kappa shape index (κ3) is 5.97. The van der Waals surface area contributed by atoms with Crippen LogP contribution in [0.4, 0.5) is 5.69 Å². The highest BCUT2D eigenvalue weighted by Gasteiger charge is 2.17. The monoisotopic (exact) mass is 447 g/mol. The van der Waals surface area contributed by atoms with Gasteiger partial charge >= 0.3 is 0 Å². The Morgan fingerprint density at radius 1 is 1.25 bits per heavy atom. The molecule has 0 aromatic heterocycles. The number of halogens is 1. The van der Waals surface area contributed by atoms with E-state index in [1.165, 1.54) is 0 Å². The predicted octanol–water partition coefficient (Wildman–Crippen LogP) is 5.29. The lowest BCUT2D eigenvalue weighted by Crippen LogP contribution is -2.16. The number of carbonyl (C=O) groups is 1. The van der Waals surface area contributed by atoms with Crippen molar-refractivity contribution in [2.45, 2.75) is 32.8 Å². The molecule has 0 aliphatic carbocycles. The Morgan fingerprint density at radius 3 is 2.82 bits per heavy atom. The van der Waals surface area contributed by atoms with Gasteiger partial charge in [-0.1, -0.05) is 19.9 Å². The van der Waals surface area contributed by atoms with E-state index in [2.05, 4.69) is 35.1 Å². The van der Waals surface area contributed by atoms with Gasteiger partial charge in [0.25, 0.3) is 5.91 Å². The van der Waals surface area contributed by atoms with Gasteiger partial charge in [0.15, 0.2) is 0 Å².